The summed E-state index contributed by atoms with van der Waals surface area (Å²) >= 11 is 5.74. The van der Waals surface area contributed by atoms with Gasteiger partial charge in [0.25, 0.3) is 5.91 Å². The highest BCUT2D eigenvalue weighted by Crippen LogP contribution is 2.15. The number of anilines is 1. The van der Waals surface area contributed by atoms with Crippen LogP contribution in [-0.4, -0.2) is 23.3 Å². The molecular weight excluding hydrogens is 290 g/mol. The van der Waals surface area contributed by atoms with E-state index < -0.39 is 0 Å². The van der Waals surface area contributed by atoms with Crippen LogP contribution in [0.5, 0.6) is 0 Å². The predicted molar refractivity (Wildman–Crippen MR) is 81.4 cm³/mol. The number of halogens is 1. The molecule has 5 nitrogen and oxygen atoms in total. The average Bonchev–Trinajstić information content (AvgIpc) is 2.48. The molecule has 1 aromatic carbocycles. The number of carbonyl (C=O) groups excluding carboxylic acids is 2. The van der Waals surface area contributed by atoms with Crippen LogP contribution in [0.3, 0.4) is 0 Å². The lowest BCUT2D eigenvalue weighted by Crippen LogP contribution is -2.33. The van der Waals surface area contributed by atoms with E-state index in [9.17, 15) is 9.59 Å². The van der Waals surface area contributed by atoms with Gasteiger partial charge in [0.1, 0.15) is 5.15 Å². The second kappa shape index (κ2) is 6.85. The summed E-state index contributed by atoms with van der Waals surface area (Å²) in [6.07, 6.45) is 0. The van der Waals surface area contributed by atoms with Crippen molar-refractivity contribution in [2.75, 3.05) is 11.9 Å². The molecule has 0 aliphatic heterocycles. The number of hydrogen-bond acceptors (Lipinski definition) is 3. The van der Waals surface area contributed by atoms with E-state index in [4.69, 9.17) is 11.6 Å². The van der Waals surface area contributed by atoms with Crippen LogP contribution in [0.1, 0.15) is 16.1 Å². The molecule has 0 atom stereocenters. The minimum Gasteiger partial charge on any atom is -0.343 e. The zero-order chi connectivity index (χ0) is 15.2. The van der Waals surface area contributed by atoms with Gasteiger partial charge in [-0.3, -0.25) is 9.59 Å². The number of amides is 2. The number of aromatic nitrogens is 1. The third-order valence-electron chi connectivity index (χ3n) is 2.77. The number of carbonyl (C=O) groups is 2. The molecular formula is C15H14ClN3O2. The molecule has 1 heterocycles. The van der Waals surface area contributed by atoms with Crippen molar-refractivity contribution in [2.24, 2.45) is 0 Å². The van der Waals surface area contributed by atoms with Gasteiger partial charge in [-0.05, 0) is 31.2 Å². The highest BCUT2D eigenvalue weighted by Gasteiger charge is 2.09. The standard InChI is InChI=1S/C15H14ClN3O2/c1-10-12(7-8-13(16)18-10)19-14(20)9-17-15(21)11-5-3-2-4-6-11/h2-8H,9H2,1H3,(H,17,21)(H,19,20). The fourth-order valence-electron chi connectivity index (χ4n) is 1.71. The fourth-order valence-corrected chi connectivity index (χ4v) is 1.90. The van der Waals surface area contributed by atoms with Crippen LogP contribution in [-0.2, 0) is 4.79 Å². The first kappa shape index (κ1) is 15.0. The third-order valence-corrected chi connectivity index (χ3v) is 2.98. The Hall–Kier alpha value is -2.40. The number of nitrogens with zero attached hydrogens (tertiary/aromatic N) is 1. The lowest BCUT2D eigenvalue weighted by atomic mass is 10.2. The topological polar surface area (TPSA) is 71.1 Å². The minimum absolute atomic E-state index is 0.115. The van der Waals surface area contributed by atoms with Gasteiger partial charge >= 0.3 is 0 Å². The van der Waals surface area contributed by atoms with Crippen LogP contribution in [0, 0.1) is 6.92 Å². The van der Waals surface area contributed by atoms with Crippen LogP contribution in [0.4, 0.5) is 5.69 Å². The first-order chi connectivity index (χ1) is 10.1. The second-order valence-corrected chi connectivity index (χ2v) is 4.75. The van der Waals surface area contributed by atoms with Crippen molar-refractivity contribution in [3.05, 3.63) is 58.9 Å². The largest absolute Gasteiger partial charge is 0.343 e. The lowest BCUT2D eigenvalue weighted by Gasteiger charge is -2.09. The quantitative estimate of drug-likeness (QED) is 0.852. The Balaban J connectivity index is 1.89. The van der Waals surface area contributed by atoms with E-state index in [1.165, 1.54) is 0 Å². The fraction of sp³-hybridized carbons (Fsp3) is 0.133. The molecule has 0 unspecified atom stereocenters. The Morgan fingerprint density at radius 3 is 2.52 bits per heavy atom. The molecule has 0 saturated heterocycles. The maximum Gasteiger partial charge on any atom is 0.251 e. The zero-order valence-electron chi connectivity index (χ0n) is 11.4. The van der Waals surface area contributed by atoms with Crippen LogP contribution in [0.25, 0.3) is 0 Å². The summed E-state index contributed by atoms with van der Waals surface area (Å²) in [6, 6.07) is 12.0. The van der Waals surface area contributed by atoms with Crippen LogP contribution in [0.2, 0.25) is 5.15 Å². The molecule has 2 rings (SSSR count). The van der Waals surface area contributed by atoms with Crippen molar-refractivity contribution >= 4 is 29.1 Å². The van der Waals surface area contributed by atoms with Crippen molar-refractivity contribution in [1.82, 2.24) is 10.3 Å². The number of pyridine rings is 1. The van der Waals surface area contributed by atoms with Crippen molar-refractivity contribution in [1.29, 1.82) is 0 Å². The molecule has 0 aliphatic carbocycles. The van der Waals surface area contributed by atoms with E-state index in [1.54, 1.807) is 43.3 Å². The molecule has 0 radical (unpaired) electrons. The van der Waals surface area contributed by atoms with Crippen molar-refractivity contribution in [3.63, 3.8) is 0 Å². The van der Waals surface area contributed by atoms with Gasteiger partial charge in [0.05, 0.1) is 17.9 Å². The van der Waals surface area contributed by atoms with Crippen LogP contribution in [0.15, 0.2) is 42.5 Å². The first-order valence-electron chi connectivity index (χ1n) is 6.32. The highest BCUT2D eigenvalue weighted by atomic mass is 35.5. The summed E-state index contributed by atoms with van der Waals surface area (Å²) in [5.41, 5.74) is 1.69. The smallest absolute Gasteiger partial charge is 0.251 e. The molecule has 6 heteroatoms. The van der Waals surface area contributed by atoms with Crippen molar-refractivity contribution < 1.29 is 9.59 Å². The van der Waals surface area contributed by atoms with Gasteiger partial charge in [0.2, 0.25) is 5.91 Å². The number of aryl methyl sites for hydroxylation is 1. The zero-order valence-corrected chi connectivity index (χ0v) is 12.1. The Morgan fingerprint density at radius 2 is 1.86 bits per heavy atom. The molecule has 0 spiro atoms. The lowest BCUT2D eigenvalue weighted by molar-refractivity contribution is -0.115. The monoisotopic (exact) mass is 303 g/mol. The molecule has 0 saturated carbocycles. The van der Waals surface area contributed by atoms with E-state index in [-0.39, 0.29) is 18.4 Å². The van der Waals surface area contributed by atoms with Crippen LogP contribution >= 0.6 is 11.6 Å². The number of hydrogen-bond donors (Lipinski definition) is 2. The molecule has 108 valence electrons. The van der Waals surface area contributed by atoms with E-state index >= 15 is 0 Å². The summed E-state index contributed by atoms with van der Waals surface area (Å²) in [4.78, 5) is 27.6. The van der Waals surface area contributed by atoms with Gasteiger partial charge in [-0.25, -0.2) is 4.98 Å². The number of nitrogens with one attached hydrogen (secondary N) is 2. The molecule has 1 aromatic heterocycles. The summed E-state index contributed by atoms with van der Waals surface area (Å²) in [6.45, 7) is 1.62. The van der Waals surface area contributed by atoms with E-state index in [0.717, 1.165) is 0 Å². The summed E-state index contributed by atoms with van der Waals surface area (Å²) in [5.74, 6) is -0.622. The van der Waals surface area contributed by atoms with Gasteiger partial charge < -0.3 is 10.6 Å². The van der Waals surface area contributed by atoms with Crippen LogP contribution < -0.4 is 10.6 Å². The van der Waals surface area contributed by atoms with Crippen molar-refractivity contribution in [2.45, 2.75) is 6.92 Å². The number of benzene rings is 1. The van der Waals surface area contributed by atoms with Gasteiger partial charge in [-0.2, -0.15) is 0 Å². The Morgan fingerprint density at radius 1 is 1.14 bits per heavy atom. The van der Waals surface area contributed by atoms with Gasteiger partial charge in [-0.1, -0.05) is 29.8 Å². The molecule has 0 aliphatic rings. The molecule has 0 bridgehead atoms. The average molecular weight is 304 g/mol. The van der Waals surface area contributed by atoms with E-state index in [0.29, 0.717) is 22.1 Å². The van der Waals surface area contributed by atoms with E-state index in [1.807, 2.05) is 6.07 Å². The summed E-state index contributed by atoms with van der Waals surface area (Å²) < 4.78 is 0. The second-order valence-electron chi connectivity index (χ2n) is 4.36. The first-order valence-corrected chi connectivity index (χ1v) is 6.70. The Kier molecular flexibility index (Phi) is 4.90. The summed E-state index contributed by atoms with van der Waals surface area (Å²) in [7, 11) is 0. The predicted octanol–water partition coefficient (Wildman–Crippen LogP) is 2.41. The molecule has 2 aromatic rings. The SMILES string of the molecule is Cc1nc(Cl)ccc1NC(=O)CNC(=O)c1ccccc1. The highest BCUT2D eigenvalue weighted by molar-refractivity contribution is 6.29. The number of rotatable bonds is 4. The molecule has 2 N–H and O–H groups in total. The van der Waals surface area contributed by atoms with Crippen molar-refractivity contribution in [3.8, 4) is 0 Å². The Bertz CT molecular complexity index is 659. The minimum atomic E-state index is -0.327. The molecule has 0 fully saturated rings. The molecule has 2 amide bonds. The Labute approximate surface area is 127 Å². The molecule has 21 heavy (non-hydrogen) atoms. The normalized spacial score (nSPS) is 10.0. The van der Waals surface area contributed by atoms with E-state index in [2.05, 4.69) is 15.6 Å². The van der Waals surface area contributed by atoms with Gasteiger partial charge in [0.15, 0.2) is 0 Å². The summed E-state index contributed by atoms with van der Waals surface area (Å²) in [5, 5.41) is 5.59. The van der Waals surface area contributed by atoms with Gasteiger partial charge in [-0.15, -0.1) is 0 Å². The maximum atomic E-state index is 11.8. The van der Waals surface area contributed by atoms with Gasteiger partial charge in [0, 0.05) is 5.56 Å². The maximum absolute atomic E-state index is 11.8. The third kappa shape index (κ3) is 4.29.